The van der Waals surface area contributed by atoms with Gasteiger partial charge in [0.2, 0.25) is 0 Å². The summed E-state index contributed by atoms with van der Waals surface area (Å²) in [5.74, 6) is 0.785. The van der Waals surface area contributed by atoms with Gasteiger partial charge in [0, 0.05) is 47.0 Å². The molecule has 5 heteroatoms. The molecule has 1 aromatic rings. The minimum Gasteiger partial charge on any atom is -0.379 e. The van der Waals surface area contributed by atoms with E-state index >= 15 is 0 Å². The fraction of sp³-hybridized carbons (Fsp3) is 0.611. The molecule has 0 bridgehead atoms. The molecule has 0 aromatic heterocycles. The van der Waals surface area contributed by atoms with Crippen molar-refractivity contribution in [2.24, 2.45) is 10.4 Å². The fourth-order valence-corrected chi connectivity index (χ4v) is 2.25. The smallest absolute Gasteiger partial charge is 0.191 e. The van der Waals surface area contributed by atoms with Gasteiger partial charge in [-0.1, -0.05) is 32.9 Å². The van der Waals surface area contributed by atoms with E-state index in [1.807, 2.05) is 14.1 Å². The van der Waals surface area contributed by atoms with Gasteiger partial charge >= 0.3 is 0 Å². The average molecular weight is 320 g/mol. The van der Waals surface area contributed by atoms with Gasteiger partial charge in [0.15, 0.2) is 5.96 Å². The molecule has 0 amide bonds. The van der Waals surface area contributed by atoms with Crippen molar-refractivity contribution in [2.45, 2.75) is 33.4 Å². The number of nitrogens with one attached hydrogen (secondary N) is 2. The van der Waals surface area contributed by atoms with Crippen LogP contribution >= 0.6 is 0 Å². The number of benzene rings is 1. The topological polar surface area (TPSA) is 48.9 Å². The van der Waals surface area contributed by atoms with Crippen molar-refractivity contribution in [2.75, 3.05) is 39.7 Å². The van der Waals surface area contributed by atoms with Crippen LogP contribution in [0.2, 0.25) is 0 Å². The average Bonchev–Trinajstić information content (AvgIpc) is 2.50. The highest BCUT2D eigenvalue weighted by Crippen LogP contribution is 2.20. The molecule has 0 radical (unpaired) electrons. The fourth-order valence-electron chi connectivity index (χ4n) is 2.25. The van der Waals surface area contributed by atoms with Crippen LogP contribution in [0.15, 0.2) is 29.3 Å². The summed E-state index contributed by atoms with van der Waals surface area (Å²) in [6, 6.07) is 8.49. The second-order valence-electron chi connectivity index (χ2n) is 6.96. The van der Waals surface area contributed by atoms with E-state index in [0.717, 1.165) is 19.0 Å². The molecule has 1 rings (SSSR count). The number of guanidine groups is 1. The molecule has 5 nitrogen and oxygen atoms in total. The molecule has 0 spiro atoms. The van der Waals surface area contributed by atoms with E-state index in [9.17, 15) is 0 Å². The van der Waals surface area contributed by atoms with Crippen LogP contribution in [-0.4, -0.2) is 46.9 Å². The van der Waals surface area contributed by atoms with Crippen LogP contribution in [0.25, 0.3) is 0 Å². The third-order valence-electron chi connectivity index (χ3n) is 3.84. The summed E-state index contributed by atoms with van der Waals surface area (Å²) in [5.41, 5.74) is 2.50. The summed E-state index contributed by atoms with van der Waals surface area (Å²) < 4.78 is 5.56. The van der Waals surface area contributed by atoms with Gasteiger partial charge in [0.25, 0.3) is 0 Å². The third-order valence-corrected chi connectivity index (χ3v) is 3.84. The Labute approximate surface area is 141 Å². The lowest BCUT2D eigenvalue weighted by atomic mass is 9.89. The highest BCUT2D eigenvalue weighted by Gasteiger charge is 2.24. The quantitative estimate of drug-likeness (QED) is 0.624. The van der Waals surface area contributed by atoms with Crippen molar-refractivity contribution in [1.29, 1.82) is 0 Å². The molecule has 0 fully saturated rings. The van der Waals surface area contributed by atoms with Gasteiger partial charge in [0.1, 0.15) is 0 Å². The van der Waals surface area contributed by atoms with E-state index in [1.165, 1.54) is 11.3 Å². The molecule has 2 N–H and O–H groups in total. The first-order valence-electron chi connectivity index (χ1n) is 8.01. The minimum atomic E-state index is 0.0859. The maximum Gasteiger partial charge on any atom is 0.191 e. The summed E-state index contributed by atoms with van der Waals surface area (Å²) in [5, 5.41) is 6.67. The van der Waals surface area contributed by atoms with Crippen molar-refractivity contribution in [3.8, 4) is 0 Å². The first-order valence-corrected chi connectivity index (χ1v) is 8.01. The van der Waals surface area contributed by atoms with Gasteiger partial charge in [-0.25, -0.2) is 0 Å². The molecule has 1 atom stereocenters. The van der Waals surface area contributed by atoms with E-state index in [0.29, 0.717) is 0 Å². The number of hydrogen-bond donors (Lipinski definition) is 2. The zero-order chi connectivity index (χ0) is 17.5. The Kier molecular flexibility index (Phi) is 7.36. The molecule has 1 aromatic carbocycles. The van der Waals surface area contributed by atoms with E-state index in [2.05, 4.69) is 65.6 Å². The van der Waals surface area contributed by atoms with Gasteiger partial charge in [-0.3, -0.25) is 4.99 Å². The molecule has 0 heterocycles. The predicted molar refractivity (Wildman–Crippen MR) is 99.2 cm³/mol. The highest BCUT2D eigenvalue weighted by atomic mass is 16.5. The molecule has 23 heavy (non-hydrogen) atoms. The van der Waals surface area contributed by atoms with E-state index in [4.69, 9.17) is 4.74 Å². The molecule has 130 valence electrons. The SMILES string of the molecule is CN=C(NCc1ccc(N(C)C)cc1)NCC(OC)C(C)(C)C. The molecular formula is C18H32N4O. The van der Waals surface area contributed by atoms with Gasteiger partial charge in [-0.15, -0.1) is 0 Å². The Balaban J connectivity index is 2.51. The Hall–Kier alpha value is -1.75. The van der Waals surface area contributed by atoms with Crippen LogP contribution in [0.4, 0.5) is 5.69 Å². The molecule has 0 aliphatic rings. The van der Waals surface area contributed by atoms with Gasteiger partial charge in [-0.2, -0.15) is 0 Å². The first kappa shape index (κ1) is 19.3. The van der Waals surface area contributed by atoms with Crippen molar-refractivity contribution in [3.63, 3.8) is 0 Å². The molecule has 0 saturated heterocycles. The lowest BCUT2D eigenvalue weighted by molar-refractivity contribution is 0.0205. The molecular weight excluding hydrogens is 288 g/mol. The molecule has 0 aliphatic heterocycles. The van der Waals surface area contributed by atoms with E-state index < -0.39 is 0 Å². The predicted octanol–water partition coefficient (Wildman–Crippen LogP) is 2.48. The van der Waals surface area contributed by atoms with E-state index in [-0.39, 0.29) is 11.5 Å². The number of ether oxygens (including phenoxy) is 1. The number of nitrogens with zero attached hydrogens (tertiary/aromatic N) is 2. The summed E-state index contributed by atoms with van der Waals surface area (Å²) in [7, 11) is 7.62. The normalized spacial score (nSPS) is 13.6. The van der Waals surface area contributed by atoms with E-state index in [1.54, 1.807) is 14.2 Å². The largest absolute Gasteiger partial charge is 0.379 e. The van der Waals surface area contributed by atoms with Crippen molar-refractivity contribution >= 4 is 11.6 Å². The number of aliphatic imine (C=N–C) groups is 1. The molecule has 0 aliphatic carbocycles. The van der Waals surface area contributed by atoms with Crippen molar-refractivity contribution < 1.29 is 4.74 Å². The van der Waals surface area contributed by atoms with Crippen molar-refractivity contribution in [1.82, 2.24) is 10.6 Å². The van der Waals surface area contributed by atoms with Crippen LogP contribution in [0.3, 0.4) is 0 Å². The van der Waals surface area contributed by atoms with Gasteiger partial charge < -0.3 is 20.3 Å². The molecule has 0 saturated carbocycles. The number of anilines is 1. The Morgan fingerprint density at radius 3 is 2.22 bits per heavy atom. The van der Waals surface area contributed by atoms with Crippen molar-refractivity contribution in [3.05, 3.63) is 29.8 Å². The maximum atomic E-state index is 5.56. The molecule has 1 unspecified atom stereocenters. The summed E-state index contributed by atoms with van der Waals surface area (Å²) in [4.78, 5) is 6.36. The monoisotopic (exact) mass is 320 g/mol. The number of methoxy groups -OCH3 is 1. The van der Waals surface area contributed by atoms with Crippen LogP contribution in [0.1, 0.15) is 26.3 Å². The first-order chi connectivity index (χ1) is 10.8. The zero-order valence-corrected chi connectivity index (χ0v) is 15.6. The number of rotatable bonds is 6. The zero-order valence-electron chi connectivity index (χ0n) is 15.6. The van der Waals surface area contributed by atoms with Crippen LogP contribution in [0, 0.1) is 5.41 Å². The lowest BCUT2D eigenvalue weighted by Gasteiger charge is -2.30. The Bertz CT molecular complexity index is 489. The van der Waals surface area contributed by atoms with Crippen LogP contribution in [-0.2, 0) is 11.3 Å². The summed E-state index contributed by atoms with van der Waals surface area (Å²) >= 11 is 0. The summed E-state index contributed by atoms with van der Waals surface area (Å²) in [6.45, 7) is 7.97. The van der Waals surface area contributed by atoms with Gasteiger partial charge in [0.05, 0.1) is 6.10 Å². The minimum absolute atomic E-state index is 0.0859. The Morgan fingerprint density at radius 1 is 1.17 bits per heavy atom. The Morgan fingerprint density at radius 2 is 1.78 bits per heavy atom. The maximum absolute atomic E-state index is 5.56. The second-order valence-corrected chi connectivity index (χ2v) is 6.96. The lowest BCUT2D eigenvalue weighted by Crippen LogP contribution is -2.45. The summed E-state index contributed by atoms with van der Waals surface area (Å²) in [6.07, 6.45) is 0.125. The van der Waals surface area contributed by atoms with Crippen LogP contribution < -0.4 is 15.5 Å². The highest BCUT2D eigenvalue weighted by molar-refractivity contribution is 5.79. The third kappa shape index (κ3) is 6.48. The van der Waals surface area contributed by atoms with Gasteiger partial charge in [-0.05, 0) is 23.1 Å². The number of hydrogen-bond acceptors (Lipinski definition) is 3. The van der Waals surface area contributed by atoms with Crippen LogP contribution in [0.5, 0.6) is 0 Å². The standard InChI is InChI=1S/C18H32N4O/c1-18(2,3)16(23-7)13-21-17(19-4)20-12-14-8-10-15(11-9-14)22(5)6/h8-11,16H,12-13H2,1-7H3,(H2,19,20,21). The second kappa shape index (κ2) is 8.77.